The van der Waals surface area contributed by atoms with E-state index in [0.29, 0.717) is 11.3 Å². The second kappa shape index (κ2) is 6.28. The summed E-state index contributed by atoms with van der Waals surface area (Å²) >= 11 is 0. The van der Waals surface area contributed by atoms with Gasteiger partial charge in [-0.3, -0.25) is 4.79 Å². The Morgan fingerprint density at radius 2 is 2.12 bits per heavy atom. The van der Waals surface area contributed by atoms with Gasteiger partial charge in [-0.25, -0.2) is 0 Å². The molecule has 0 fully saturated rings. The Morgan fingerprint density at radius 1 is 1.41 bits per heavy atom. The zero-order valence-electron chi connectivity index (χ0n) is 10.9. The van der Waals surface area contributed by atoms with E-state index in [0.717, 1.165) is 24.8 Å². The van der Waals surface area contributed by atoms with Crippen molar-refractivity contribution in [1.82, 2.24) is 5.32 Å². The molecule has 3 N–H and O–H groups in total. The van der Waals surface area contributed by atoms with Crippen molar-refractivity contribution in [2.45, 2.75) is 46.1 Å². The Hall–Kier alpha value is -1.51. The van der Waals surface area contributed by atoms with E-state index >= 15 is 0 Å². The molecule has 0 aliphatic heterocycles. The fraction of sp³-hybridized carbons (Fsp3) is 0.500. The van der Waals surface area contributed by atoms with Crippen LogP contribution in [0.3, 0.4) is 0 Å². The molecule has 0 saturated heterocycles. The minimum Gasteiger partial charge on any atom is -0.398 e. The smallest absolute Gasteiger partial charge is 0.253 e. The highest BCUT2D eigenvalue weighted by Crippen LogP contribution is 2.16. The van der Waals surface area contributed by atoms with Crippen LogP contribution in [0.1, 0.15) is 49.0 Å². The van der Waals surface area contributed by atoms with Crippen LogP contribution >= 0.6 is 0 Å². The van der Waals surface area contributed by atoms with Gasteiger partial charge < -0.3 is 11.1 Å². The third-order valence-electron chi connectivity index (χ3n) is 3.00. The number of amides is 1. The predicted molar refractivity (Wildman–Crippen MR) is 72.0 cm³/mol. The molecule has 1 amide bonds. The number of nitrogens with two attached hydrogens (primary N) is 1. The van der Waals surface area contributed by atoms with Crippen LogP contribution in [0.4, 0.5) is 5.69 Å². The van der Waals surface area contributed by atoms with E-state index in [9.17, 15) is 4.79 Å². The number of carbonyl (C=O) groups is 1. The maximum atomic E-state index is 12.1. The van der Waals surface area contributed by atoms with E-state index in [-0.39, 0.29) is 11.9 Å². The number of aryl methyl sites for hydroxylation is 1. The number of carbonyl (C=O) groups excluding carboxylic acids is 1. The summed E-state index contributed by atoms with van der Waals surface area (Å²) in [6.07, 6.45) is 3.03. The number of hydrogen-bond acceptors (Lipinski definition) is 2. The van der Waals surface area contributed by atoms with Gasteiger partial charge in [-0.2, -0.15) is 0 Å². The molecule has 0 heterocycles. The van der Waals surface area contributed by atoms with E-state index in [2.05, 4.69) is 19.2 Å². The Kier molecular flexibility index (Phi) is 5.01. The normalized spacial score (nSPS) is 12.2. The second-order valence-electron chi connectivity index (χ2n) is 4.41. The summed E-state index contributed by atoms with van der Waals surface area (Å²) in [5.41, 5.74) is 7.94. The largest absolute Gasteiger partial charge is 0.398 e. The SMILES string of the molecule is CCCC(CC)NC(=O)c1c(C)cccc1N. The Morgan fingerprint density at radius 3 is 2.65 bits per heavy atom. The lowest BCUT2D eigenvalue weighted by Crippen LogP contribution is -2.35. The molecule has 17 heavy (non-hydrogen) atoms. The Bertz CT molecular complexity index is 368. The Balaban J connectivity index is 2.82. The summed E-state index contributed by atoms with van der Waals surface area (Å²) in [5.74, 6) is -0.0547. The van der Waals surface area contributed by atoms with Gasteiger partial charge in [0.2, 0.25) is 0 Å². The average molecular weight is 234 g/mol. The molecule has 0 aliphatic rings. The van der Waals surface area contributed by atoms with Crippen LogP contribution in [0, 0.1) is 6.92 Å². The van der Waals surface area contributed by atoms with Crippen LogP contribution < -0.4 is 11.1 Å². The highest BCUT2D eigenvalue weighted by molar-refractivity contribution is 6.00. The first-order chi connectivity index (χ1) is 8.10. The van der Waals surface area contributed by atoms with Crippen LogP contribution in [0.15, 0.2) is 18.2 Å². The number of nitrogen functional groups attached to an aromatic ring is 1. The van der Waals surface area contributed by atoms with Crippen molar-refractivity contribution in [3.8, 4) is 0 Å². The first-order valence-corrected chi connectivity index (χ1v) is 6.26. The number of benzene rings is 1. The van der Waals surface area contributed by atoms with Crippen LogP contribution in [-0.4, -0.2) is 11.9 Å². The van der Waals surface area contributed by atoms with E-state index in [1.54, 1.807) is 6.07 Å². The lowest BCUT2D eigenvalue weighted by molar-refractivity contribution is 0.0934. The maximum Gasteiger partial charge on any atom is 0.253 e. The third kappa shape index (κ3) is 3.48. The quantitative estimate of drug-likeness (QED) is 0.770. The first kappa shape index (κ1) is 13.6. The standard InChI is InChI=1S/C14H22N2O/c1-4-7-11(5-2)16-14(17)13-10(3)8-6-9-12(13)15/h6,8-9,11H,4-5,7,15H2,1-3H3,(H,16,17). The molecule has 0 bridgehead atoms. The molecule has 0 saturated carbocycles. The summed E-state index contributed by atoms with van der Waals surface area (Å²) in [4.78, 5) is 12.1. The van der Waals surface area contributed by atoms with Crippen molar-refractivity contribution in [2.75, 3.05) is 5.73 Å². The molecule has 3 heteroatoms. The number of nitrogens with one attached hydrogen (secondary N) is 1. The molecule has 3 nitrogen and oxygen atoms in total. The first-order valence-electron chi connectivity index (χ1n) is 6.26. The molecule has 1 aromatic rings. The maximum absolute atomic E-state index is 12.1. The summed E-state index contributed by atoms with van der Waals surface area (Å²) < 4.78 is 0. The van der Waals surface area contributed by atoms with Crippen LogP contribution in [-0.2, 0) is 0 Å². The zero-order chi connectivity index (χ0) is 12.8. The summed E-state index contributed by atoms with van der Waals surface area (Å²) in [5, 5.41) is 3.05. The second-order valence-corrected chi connectivity index (χ2v) is 4.41. The third-order valence-corrected chi connectivity index (χ3v) is 3.00. The van der Waals surface area contributed by atoms with Crippen molar-refractivity contribution in [2.24, 2.45) is 0 Å². The number of hydrogen-bond donors (Lipinski definition) is 2. The average Bonchev–Trinajstić information content (AvgIpc) is 2.28. The molecule has 0 spiro atoms. The molecular formula is C14H22N2O. The van der Waals surface area contributed by atoms with Gasteiger partial charge in [0.05, 0.1) is 5.56 Å². The van der Waals surface area contributed by atoms with Gasteiger partial charge in [-0.1, -0.05) is 32.4 Å². The predicted octanol–water partition coefficient (Wildman–Crippen LogP) is 2.89. The minimum absolute atomic E-state index is 0.0547. The van der Waals surface area contributed by atoms with E-state index < -0.39 is 0 Å². The van der Waals surface area contributed by atoms with Crippen molar-refractivity contribution in [3.63, 3.8) is 0 Å². The molecule has 0 aliphatic carbocycles. The molecule has 1 aromatic carbocycles. The summed E-state index contributed by atoms with van der Waals surface area (Å²) in [6, 6.07) is 5.78. The van der Waals surface area contributed by atoms with E-state index in [4.69, 9.17) is 5.73 Å². The van der Waals surface area contributed by atoms with Gasteiger partial charge in [0.1, 0.15) is 0 Å². The van der Waals surface area contributed by atoms with E-state index in [1.807, 2.05) is 19.1 Å². The van der Waals surface area contributed by atoms with E-state index in [1.165, 1.54) is 0 Å². The van der Waals surface area contributed by atoms with Gasteiger partial charge in [-0.15, -0.1) is 0 Å². The van der Waals surface area contributed by atoms with Crippen molar-refractivity contribution in [3.05, 3.63) is 29.3 Å². The molecule has 1 atom stereocenters. The van der Waals surface area contributed by atoms with Crippen LogP contribution in [0.2, 0.25) is 0 Å². The fourth-order valence-corrected chi connectivity index (χ4v) is 1.99. The number of rotatable bonds is 5. The monoisotopic (exact) mass is 234 g/mol. The lowest BCUT2D eigenvalue weighted by atomic mass is 10.0. The van der Waals surface area contributed by atoms with Gasteiger partial charge in [-0.05, 0) is 31.4 Å². The molecule has 0 radical (unpaired) electrons. The topological polar surface area (TPSA) is 55.1 Å². The highest BCUT2D eigenvalue weighted by Gasteiger charge is 2.15. The summed E-state index contributed by atoms with van der Waals surface area (Å²) in [7, 11) is 0. The van der Waals surface area contributed by atoms with Gasteiger partial charge in [0.25, 0.3) is 5.91 Å². The zero-order valence-corrected chi connectivity index (χ0v) is 10.9. The van der Waals surface area contributed by atoms with Gasteiger partial charge >= 0.3 is 0 Å². The molecule has 94 valence electrons. The lowest BCUT2D eigenvalue weighted by Gasteiger charge is -2.17. The Labute approximate surface area is 103 Å². The van der Waals surface area contributed by atoms with Crippen molar-refractivity contribution < 1.29 is 4.79 Å². The number of anilines is 1. The van der Waals surface area contributed by atoms with Gasteiger partial charge in [0.15, 0.2) is 0 Å². The molecule has 1 rings (SSSR count). The molecule has 1 unspecified atom stereocenters. The van der Waals surface area contributed by atoms with Crippen molar-refractivity contribution in [1.29, 1.82) is 0 Å². The summed E-state index contributed by atoms with van der Waals surface area (Å²) in [6.45, 7) is 6.12. The van der Waals surface area contributed by atoms with Gasteiger partial charge in [0, 0.05) is 11.7 Å². The fourth-order valence-electron chi connectivity index (χ4n) is 1.99. The molecular weight excluding hydrogens is 212 g/mol. The minimum atomic E-state index is -0.0547. The molecule has 0 aromatic heterocycles. The van der Waals surface area contributed by atoms with Crippen LogP contribution in [0.5, 0.6) is 0 Å². The highest BCUT2D eigenvalue weighted by atomic mass is 16.1. The van der Waals surface area contributed by atoms with Crippen molar-refractivity contribution >= 4 is 11.6 Å². The van der Waals surface area contributed by atoms with Crippen LogP contribution in [0.25, 0.3) is 0 Å².